The van der Waals surface area contributed by atoms with Crippen molar-refractivity contribution in [1.82, 2.24) is 9.78 Å². The zero-order chi connectivity index (χ0) is 24.1. The van der Waals surface area contributed by atoms with E-state index in [0.717, 1.165) is 28.7 Å². The predicted octanol–water partition coefficient (Wildman–Crippen LogP) is 4.63. The van der Waals surface area contributed by atoms with Crippen molar-refractivity contribution >= 4 is 40.9 Å². The van der Waals surface area contributed by atoms with Crippen molar-refractivity contribution in [3.05, 3.63) is 86.7 Å². The molecule has 1 amide bonds. The van der Waals surface area contributed by atoms with Crippen LogP contribution in [0.15, 0.2) is 54.6 Å². The van der Waals surface area contributed by atoms with Gasteiger partial charge in [0.25, 0.3) is 11.6 Å². The molecule has 1 atom stereocenters. The smallest absolute Gasteiger partial charge is 0.331 e. The molecule has 10 heteroatoms. The van der Waals surface area contributed by atoms with E-state index < -0.39 is 22.9 Å². The molecule has 170 valence electrons. The number of carbonyl (C=O) groups is 2. The number of nitrogens with zero attached hydrogens (tertiary/aromatic N) is 3. The van der Waals surface area contributed by atoms with Gasteiger partial charge in [0.1, 0.15) is 0 Å². The number of amides is 1. The highest BCUT2D eigenvalue weighted by molar-refractivity contribution is 6.33. The maximum absolute atomic E-state index is 12.4. The lowest BCUT2D eigenvalue weighted by Crippen LogP contribution is -2.29. The second-order valence-corrected chi connectivity index (χ2v) is 7.56. The van der Waals surface area contributed by atoms with Gasteiger partial charge in [-0.1, -0.05) is 29.8 Å². The fourth-order valence-corrected chi connectivity index (χ4v) is 3.26. The third kappa shape index (κ3) is 5.64. The molecule has 0 saturated heterocycles. The third-order valence-electron chi connectivity index (χ3n) is 4.81. The predicted molar refractivity (Wildman–Crippen MR) is 124 cm³/mol. The minimum atomic E-state index is -1.16. The fourth-order valence-electron chi connectivity index (χ4n) is 3.09. The zero-order valence-corrected chi connectivity index (χ0v) is 18.9. The van der Waals surface area contributed by atoms with Gasteiger partial charge in [-0.05, 0) is 45.0 Å². The number of aromatic nitrogens is 2. The van der Waals surface area contributed by atoms with Crippen molar-refractivity contribution in [3.63, 3.8) is 0 Å². The lowest BCUT2D eigenvalue weighted by Gasteiger charge is -2.13. The quantitative estimate of drug-likeness (QED) is 0.234. The first-order valence-electron chi connectivity index (χ1n) is 9.92. The van der Waals surface area contributed by atoms with Crippen LogP contribution >= 0.6 is 11.6 Å². The van der Waals surface area contributed by atoms with E-state index in [-0.39, 0.29) is 16.4 Å². The number of aryl methyl sites for hydroxylation is 1. The van der Waals surface area contributed by atoms with Crippen LogP contribution in [-0.4, -0.2) is 32.7 Å². The number of anilines is 1. The Hall–Kier alpha value is -3.98. The summed E-state index contributed by atoms with van der Waals surface area (Å²) in [7, 11) is 0. The minimum absolute atomic E-state index is 0.0499. The van der Waals surface area contributed by atoms with Crippen molar-refractivity contribution in [3.8, 4) is 5.69 Å². The van der Waals surface area contributed by atoms with E-state index in [0.29, 0.717) is 0 Å². The van der Waals surface area contributed by atoms with Gasteiger partial charge in [0, 0.05) is 29.5 Å². The lowest BCUT2D eigenvalue weighted by atomic mass is 10.2. The Morgan fingerprint density at radius 3 is 2.58 bits per heavy atom. The topological polar surface area (TPSA) is 116 Å². The van der Waals surface area contributed by atoms with Crippen LogP contribution in [0.4, 0.5) is 11.4 Å². The van der Waals surface area contributed by atoms with Crippen LogP contribution in [0.5, 0.6) is 0 Å². The molecule has 0 saturated carbocycles. The number of halogens is 1. The summed E-state index contributed by atoms with van der Waals surface area (Å²) in [5, 5.41) is 18.0. The van der Waals surface area contributed by atoms with E-state index in [4.69, 9.17) is 16.3 Å². The van der Waals surface area contributed by atoms with Crippen molar-refractivity contribution in [2.45, 2.75) is 26.9 Å². The normalized spacial score (nSPS) is 11.9. The van der Waals surface area contributed by atoms with Crippen LogP contribution in [0.25, 0.3) is 11.8 Å². The van der Waals surface area contributed by atoms with Gasteiger partial charge in [-0.25, -0.2) is 9.48 Å². The number of rotatable bonds is 7. The molecular formula is C23H21ClN4O5. The van der Waals surface area contributed by atoms with E-state index >= 15 is 0 Å². The summed E-state index contributed by atoms with van der Waals surface area (Å²) in [5.41, 5.74) is 3.04. The van der Waals surface area contributed by atoms with E-state index in [2.05, 4.69) is 10.4 Å². The van der Waals surface area contributed by atoms with Crippen LogP contribution in [0, 0.1) is 24.0 Å². The molecule has 0 radical (unpaired) electrons. The highest BCUT2D eigenvalue weighted by Gasteiger charge is 2.19. The number of para-hydroxylation sites is 1. The molecule has 0 spiro atoms. The average molecular weight is 469 g/mol. The molecule has 1 unspecified atom stereocenters. The summed E-state index contributed by atoms with van der Waals surface area (Å²) in [6, 6.07) is 13.2. The summed E-state index contributed by atoms with van der Waals surface area (Å²) < 4.78 is 6.93. The number of hydrogen-bond acceptors (Lipinski definition) is 6. The molecule has 0 fully saturated rings. The minimum Gasteiger partial charge on any atom is -0.449 e. The molecule has 3 rings (SSSR count). The number of nitrogens with one attached hydrogen (secondary N) is 1. The molecule has 0 aliphatic carbocycles. The molecule has 3 aromatic rings. The van der Waals surface area contributed by atoms with Crippen LogP contribution < -0.4 is 5.32 Å². The van der Waals surface area contributed by atoms with Crippen LogP contribution in [0.2, 0.25) is 5.02 Å². The summed E-state index contributed by atoms with van der Waals surface area (Å²) >= 11 is 5.98. The third-order valence-corrected chi connectivity index (χ3v) is 5.14. The first kappa shape index (κ1) is 23.7. The average Bonchev–Trinajstić information content (AvgIpc) is 3.07. The molecular weight excluding hydrogens is 448 g/mol. The second-order valence-electron chi connectivity index (χ2n) is 7.15. The van der Waals surface area contributed by atoms with Crippen LogP contribution in [0.3, 0.4) is 0 Å². The van der Waals surface area contributed by atoms with Crippen LogP contribution in [0.1, 0.15) is 23.9 Å². The second kappa shape index (κ2) is 10.1. The molecule has 1 N–H and O–H groups in total. The Kier molecular flexibility index (Phi) is 7.24. The van der Waals surface area contributed by atoms with Crippen LogP contribution in [-0.2, 0) is 14.3 Å². The molecule has 9 nitrogen and oxygen atoms in total. The first-order valence-corrected chi connectivity index (χ1v) is 10.3. The summed E-state index contributed by atoms with van der Waals surface area (Å²) in [6.07, 6.45) is 1.64. The van der Waals surface area contributed by atoms with Gasteiger partial charge in [-0.2, -0.15) is 5.10 Å². The van der Waals surface area contributed by atoms with E-state index in [1.807, 2.05) is 44.2 Å². The van der Waals surface area contributed by atoms with Crippen molar-refractivity contribution in [2.75, 3.05) is 5.32 Å². The number of carbonyl (C=O) groups excluding carboxylic acids is 2. The molecule has 2 aromatic carbocycles. The Labute approximate surface area is 194 Å². The molecule has 1 heterocycles. The number of nitro benzene ring substituents is 1. The van der Waals surface area contributed by atoms with Crippen molar-refractivity contribution in [1.29, 1.82) is 0 Å². The molecule has 0 aliphatic heterocycles. The number of nitro groups is 1. The Bertz CT molecular complexity index is 1240. The number of ether oxygens (including phenoxy) is 1. The van der Waals surface area contributed by atoms with Gasteiger partial charge >= 0.3 is 5.97 Å². The monoisotopic (exact) mass is 468 g/mol. The lowest BCUT2D eigenvalue weighted by molar-refractivity contribution is -0.384. The van der Waals surface area contributed by atoms with Crippen molar-refractivity contribution < 1.29 is 19.2 Å². The SMILES string of the molecule is Cc1nn(-c2ccccc2)c(C)c1C=CC(=O)OC(C)C(=O)Nc1cc([N+](=O)[O-])ccc1Cl. The van der Waals surface area contributed by atoms with E-state index in [1.165, 1.54) is 25.1 Å². The number of non-ortho nitro benzene ring substituents is 1. The highest BCUT2D eigenvalue weighted by Crippen LogP contribution is 2.27. The van der Waals surface area contributed by atoms with E-state index in [9.17, 15) is 19.7 Å². The Morgan fingerprint density at radius 1 is 1.21 bits per heavy atom. The molecule has 1 aromatic heterocycles. The fraction of sp³-hybridized carbons (Fsp3) is 0.174. The van der Waals surface area contributed by atoms with Gasteiger partial charge in [0.05, 0.1) is 27.0 Å². The summed E-state index contributed by atoms with van der Waals surface area (Å²) in [5.74, 6) is -1.41. The summed E-state index contributed by atoms with van der Waals surface area (Å²) in [6.45, 7) is 5.10. The maximum atomic E-state index is 12.4. The Morgan fingerprint density at radius 2 is 1.91 bits per heavy atom. The molecule has 0 aliphatic rings. The largest absolute Gasteiger partial charge is 0.449 e. The first-order chi connectivity index (χ1) is 15.7. The van der Waals surface area contributed by atoms with Gasteiger partial charge < -0.3 is 10.1 Å². The number of benzene rings is 2. The summed E-state index contributed by atoms with van der Waals surface area (Å²) in [4.78, 5) is 34.9. The van der Waals surface area contributed by atoms with Gasteiger partial charge in [-0.3, -0.25) is 14.9 Å². The van der Waals surface area contributed by atoms with Gasteiger partial charge in [0.15, 0.2) is 6.10 Å². The Balaban J connectivity index is 1.66. The van der Waals surface area contributed by atoms with Gasteiger partial charge in [0.2, 0.25) is 0 Å². The zero-order valence-electron chi connectivity index (χ0n) is 18.1. The van der Waals surface area contributed by atoms with Gasteiger partial charge in [-0.15, -0.1) is 0 Å². The maximum Gasteiger partial charge on any atom is 0.331 e. The highest BCUT2D eigenvalue weighted by atomic mass is 35.5. The van der Waals surface area contributed by atoms with E-state index in [1.54, 1.807) is 10.8 Å². The number of esters is 1. The van der Waals surface area contributed by atoms with Crippen molar-refractivity contribution in [2.24, 2.45) is 0 Å². The number of hydrogen-bond donors (Lipinski definition) is 1. The molecule has 33 heavy (non-hydrogen) atoms. The molecule has 0 bridgehead atoms. The standard InChI is InChI=1S/C23H21ClN4O5/c1-14-19(15(2)27(26-14)17-7-5-4-6-8-17)10-12-22(29)33-16(3)23(30)25-21-13-18(28(31)32)9-11-20(21)24/h4-13,16H,1-3H3,(H,25,30).